The van der Waals surface area contributed by atoms with Crippen molar-refractivity contribution in [1.29, 1.82) is 0 Å². The lowest BCUT2D eigenvalue weighted by Crippen LogP contribution is -2.45. The smallest absolute Gasteiger partial charge is 0.131 e. The molecule has 1 heterocycles. The summed E-state index contributed by atoms with van der Waals surface area (Å²) in [5.41, 5.74) is 15.9. The molecule has 0 fully saturated rings. The molecule has 3 nitrogen and oxygen atoms in total. The van der Waals surface area contributed by atoms with Crippen LogP contribution >= 0.6 is 0 Å². The van der Waals surface area contributed by atoms with E-state index in [-0.39, 0.29) is 12.3 Å². The molecule has 1 aliphatic heterocycles. The lowest BCUT2D eigenvalue weighted by Gasteiger charge is -2.33. The highest BCUT2D eigenvalue weighted by atomic mass is 15.3. The maximum Gasteiger partial charge on any atom is 0.131 e. The highest BCUT2D eigenvalue weighted by molar-refractivity contribution is 6.21. The number of amidine groups is 1. The fourth-order valence-electron chi connectivity index (χ4n) is 8.10. The Bertz CT molecular complexity index is 2520. The minimum Gasteiger partial charge on any atom is -0.350 e. The largest absolute Gasteiger partial charge is 0.350 e. The van der Waals surface area contributed by atoms with Crippen LogP contribution in [0.5, 0.6) is 0 Å². The van der Waals surface area contributed by atoms with Crippen LogP contribution in [-0.4, -0.2) is 5.84 Å². The number of nitrogens with one attached hydrogen (secondary N) is 2. The third-order valence-electron chi connectivity index (χ3n) is 10.5. The molecule has 3 heteroatoms. The van der Waals surface area contributed by atoms with E-state index in [4.69, 9.17) is 4.99 Å². The monoisotopic (exact) mass is 665 g/mol. The second-order valence-corrected chi connectivity index (χ2v) is 13.6. The standard InChI is InChI=1S/C49H35N3/c1-5-14-32(15-6-1)33-24-26-37(27-25-33)48-50-47(36-20-11-4-12-21-36)51-49(52-48)41-30-31-43-44-40(41)22-13-23-42(44)45-38(34-16-7-2-8-17-34)28-29-39(46(43)45)35-18-9-3-10-19-35/h1-31,48-49,52H,(H,50,51). The Morgan fingerprint density at radius 2 is 0.885 bits per heavy atom. The van der Waals surface area contributed by atoms with E-state index in [9.17, 15) is 0 Å². The molecular formula is C49H35N3. The SMILES string of the molecule is c1ccc(C2=NC(c3ccc(-c4ccccc4)cc3)NC(c3ccc4c5c(cccc35)-c3c(-c5ccccc5)ccc(-c5ccccc5)c3-4)N2)cc1. The molecule has 52 heavy (non-hydrogen) atoms. The van der Waals surface area contributed by atoms with Gasteiger partial charge in [-0.2, -0.15) is 0 Å². The van der Waals surface area contributed by atoms with Crippen molar-refractivity contribution in [3.63, 3.8) is 0 Å². The zero-order chi connectivity index (χ0) is 34.4. The Balaban J connectivity index is 1.12. The van der Waals surface area contributed by atoms with Gasteiger partial charge in [0.15, 0.2) is 0 Å². The van der Waals surface area contributed by atoms with Gasteiger partial charge in [0.05, 0.1) is 0 Å². The average molecular weight is 666 g/mol. The summed E-state index contributed by atoms with van der Waals surface area (Å²) in [6, 6.07) is 67.5. The highest BCUT2D eigenvalue weighted by Gasteiger charge is 2.31. The second-order valence-electron chi connectivity index (χ2n) is 13.6. The van der Waals surface area contributed by atoms with Gasteiger partial charge in [0.25, 0.3) is 0 Å². The van der Waals surface area contributed by atoms with E-state index in [2.05, 4.69) is 199 Å². The molecule has 0 radical (unpaired) electrons. The van der Waals surface area contributed by atoms with Crippen LogP contribution in [0.3, 0.4) is 0 Å². The van der Waals surface area contributed by atoms with Crippen LogP contribution in [-0.2, 0) is 0 Å². The first-order valence-corrected chi connectivity index (χ1v) is 18.0. The molecule has 0 amide bonds. The number of aliphatic imine (C=N–C) groups is 1. The quantitative estimate of drug-likeness (QED) is 0.185. The van der Waals surface area contributed by atoms with Crippen molar-refractivity contribution >= 4 is 16.6 Å². The fourth-order valence-corrected chi connectivity index (χ4v) is 8.10. The predicted octanol–water partition coefficient (Wildman–Crippen LogP) is 11.8. The molecule has 0 bridgehead atoms. The Morgan fingerprint density at radius 3 is 1.48 bits per heavy atom. The predicted molar refractivity (Wildman–Crippen MR) is 216 cm³/mol. The van der Waals surface area contributed by atoms with Gasteiger partial charge in [0.2, 0.25) is 0 Å². The van der Waals surface area contributed by atoms with Gasteiger partial charge in [0.1, 0.15) is 18.2 Å². The van der Waals surface area contributed by atoms with E-state index >= 15 is 0 Å². The zero-order valence-electron chi connectivity index (χ0n) is 28.5. The number of hydrogen-bond donors (Lipinski definition) is 2. The lowest BCUT2D eigenvalue weighted by atomic mass is 9.88. The number of hydrogen-bond acceptors (Lipinski definition) is 3. The molecule has 2 unspecified atom stereocenters. The summed E-state index contributed by atoms with van der Waals surface area (Å²) < 4.78 is 0. The molecule has 2 aliphatic rings. The number of rotatable bonds is 6. The summed E-state index contributed by atoms with van der Waals surface area (Å²) in [5, 5.41) is 10.2. The Kier molecular flexibility index (Phi) is 7.37. The van der Waals surface area contributed by atoms with Crippen molar-refractivity contribution < 1.29 is 0 Å². The topological polar surface area (TPSA) is 36.4 Å². The summed E-state index contributed by atoms with van der Waals surface area (Å²) >= 11 is 0. The van der Waals surface area contributed by atoms with E-state index < -0.39 is 0 Å². The zero-order valence-corrected chi connectivity index (χ0v) is 28.5. The first-order valence-electron chi connectivity index (χ1n) is 18.0. The number of benzene rings is 8. The van der Waals surface area contributed by atoms with Gasteiger partial charge in [-0.1, -0.05) is 188 Å². The van der Waals surface area contributed by atoms with Crippen LogP contribution < -0.4 is 10.6 Å². The normalized spacial score (nSPS) is 15.9. The van der Waals surface area contributed by atoms with E-state index in [1.54, 1.807) is 0 Å². The minimum absolute atomic E-state index is 0.179. The summed E-state index contributed by atoms with van der Waals surface area (Å²) in [7, 11) is 0. The molecule has 0 saturated carbocycles. The van der Waals surface area contributed by atoms with E-state index in [1.165, 1.54) is 72.0 Å². The molecule has 10 rings (SSSR count). The van der Waals surface area contributed by atoms with Crippen molar-refractivity contribution in [2.45, 2.75) is 12.3 Å². The van der Waals surface area contributed by atoms with Gasteiger partial charge in [-0.15, -0.1) is 0 Å². The molecule has 1 aliphatic carbocycles. The third-order valence-corrected chi connectivity index (χ3v) is 10.5. The first kappa shape index (κ1) is 30.3. The van der Waals surface area contributed by atoms with E-state index in [1.807, 2.05) is 0 Å². The maximum absolute atomic E-state index is 5.25. The Labute approximate surface area is 304 Å². The fraction of sp³-hybridized carbons (Fsp3) is 0.0408. The van der Waals surface area contributed by atoms with Gasteiger partial charge in [-0.3, -0.25) is 5.32 Å². The average Bonchev–Trinajstić information content (AvgIpc) is 3.57. The number of nitrogens with zero attached hydrogens (tertiary/aromatic N) is 1. The third kappa shape index (κ3) is 5.14. The van der Waals surface area contributed by atoms with Gasteiger partial charge >= 0.3 is 0 Å². The summed E-state index contributed by atoms with van der Waals surface area (Å²) in [4.78, 5) is 5.25. The molecule has 246 valence electrons. The minimum atomic E-state index is -0.235. The van der Waals surface area contributed by atoms with Crippen LogP contribution in [0.15, 0.2) is 193 Å². The Hall–Kier alpha value is -6.55. The van der Waals surface area contributed by atoms with Crippen molar-refractivity contribution in [3.05, 3.63) is 205 Å². The molecule has 2 N–H and O–H groups in total. The van der Waals surface area contributed by atoms with Crippen LogP contribution in [0.2, 0.25) is 0 Å². The Morgan fingerprint density at radius 1 is 0.385 bits per heavy atom. The first-order chi connectivity index (χ1) is 25.8. The van der Waals surface area contributed by atoms with Crippen LogP contribution in [0.1, 0.15) is 29.0 Å². The molecule has 8 aromatic carbocycles. The van der Waals surface area contributed by atoms with Crippen LogP contribution in [0.25, 0.3) is 66.4 Å². The van der Waals surface area contributed by atoms with Crippen molar-refractivity contribution in [1.82, 2.24) is 10.6 Å². The van der Waals surface area contributed by atoms with Gasteiger partial charge in [0, 0.05) is 5.56 Å². The number of fused-ring (bicyclic) bond motifs is 3. The van der Waals surface area contributed by atoms with Crippen molar-refractivity contribution in [2.75, 3.05) is 0 Å². The van der Waals surface area contributed by atoms with Crippen molar-refractivity contribution in [2.24, 2.45) is 4.99 Å². The summed E-state index contributed by atoms with van der Waals surface area (Å²) in [5.74, 6) is 0.880. The summed E-state index contributed by atoms with van der Waals surface area (Å²) in [6.07, 6.45) is -0.414. The maximum atomic E-state index is 5.25. The molecule has 0 aromatic heterocycles. The molecule has 2 atom stereocenters. The van der Waals surface area contributed by atoms with Gasteiger partial charge in [-0.25, -0.2) is 4.99 Å². The molecule has 8 aromatic rings. The van der Waals surface area contributed by atoms with E-state index in [0.717, 1.165) is 17.0 Å². The lowest BCUT2D eigenvalue weighted by molar-refractivity contribution is 0.411. The summed E-state index contributed by atoms with van der Waals surface area (Å²) in [6.45, 7) is 0. The van der Waals surface area contributed by atoms with Gasteiger partial charge in [-0.05, 0) is 77.5 Å². The highest BCUT2D eigenvalue weighted by Crippen LogP contribution is 2.55. The molecule has 0 spiro atoms. The van der Waals surface area contributed by atoms with E-state index in [0.29, 0.717) is 0 Å². The van der Waals surface area contributed by atoms with Gasteiger partial charge < -0.3 is 5.32 Å². The molecular weight excluding hydrogens is 631 g/mol. The van der Waals surface area contributed by atoms with Crippen LogP contribution in [0, 0.1) is 0 Å². The molecule has 0 saturated heterocycles. The second kappa shape index (κ2) is 12.6. The van der Waals surface area contributed by atoms with Crippen LogP contribution in [0.4, 0.5) is 0 Å². The van der Waals surface area contributed by atoms with Crippen molar-refractivity contribution in [3.8, 4) is 55.6 Å².